The molecule has 0 saturated heterocycles. The number of halogens is 2. The van der Waals surface area contributed by atoms with Gasteiger partial charge in [0.25, 0.3) is 0 Å². The highest BCUT2D eigenvalue weighted by atomic mass is 79.9. The van der Waals surface area contributed by atoms with Gasteiger partial charge in [-0.2, -0.15) is 0 Å². The lowest BCUT2D eigenvalue weighted by atomic mass is 9.89. The van der Waals surface area contributed by atoms with Crippen LogP contribution in [0.4, 0.5) is 4.39 Å². The Bertz CT molecular complexity index is 435. The first-order chi connectivity index (χ1) is 8.72. The molecule has 1 aromatic carbocycles. The van der Waals surface area contributed by atoms with Gasteiger partial charge in [0.2, 0.25) is 0 Å². The first kappa shape index (κ1) is 12.6. The van der Waals surface area contributed by atoms with Crippen LogP contribution in [0.2, 0.25) is 0 Å². The summed E-state index contributed by atoms with van der Waals surface area (Å²) in [6, 6.07) is 5.36. The van der Waals surface area contributed by atoms with Crippen LogP contribution >= 0.6 is 15.9 Å². The van der Waals surface area contributed by atoms with Gasteiger partial charge in [-0.05, 0) is 77.2 Å². The molecule has 0 radical (unpaired) electrons. The number of hydrogen-bond acceptors (Lipinski definition) is 1. The molecule has 2 bridgehead atoms. The van der Waals surface area contributed by atoms with E-state index in [9.17, 15) is 4.39 Å². The van der Waals surface area contributed by atoms with Crippen LogP contribution in [0.3, 0.4) is 0 Å². The van der Waals surface area contributed by atoms with Crippen LogP contribution in [0.5, 0.6) is 0 Å². The summed E-state index contributed by atoms with van der Waals surface area (Å²) in [5.41, 5.74) is 1.03. The van der Waals surface area contributed by atoms with Crippen molar-refractivity contribution in [2.75, 3.05) is 6.54 Å². The first-order valence-corrected chi connectivity index (χ1v) is 7.66. The summed E-state index contributed by atoms with van der Waals surface area (Å²) in [7, 11) is 0. The van der Waals surface area contributed by atoms with Gasteiger partial charge in [-0.3, -0.25) is 0 Å². The van der Waals surface area contributed by atoms with Crippen molar-refractivity contribution >= 4 is 15.9 Å². The fourth-order valence-corrected chi connectivity index (χ4v) is 3.92. The lowest BCUT2D eigenvalue weighted by molar-refractivity contribution is 0.318. The van der Waals surface area contributed by atoms with Crippen LogP contribution in [-0.4, -0.2) is 6.54 Å². The predicted molar refractivity (Wildman–Crippen MR) is 74.7 cm³/mol. The minimum atomic E-state index is -0.172. The molecule has 0 spiro atoms. The van der Waals surface area contributed by atoms with Gasteiger partial charge in [0.15, 0.2) is 0 Å². The molecule has 3 rings (SSSR count). The van der Waals surface area contributed by atoms with Gasteiger partial charge >= 0.3 is 0 Å². The van der Waals surface area contributed by atoms with Crippen LogP contribution < -0.4 is 5.32 Å². The Labute approximate surface area is 116 Å². The second kappa shape index (κ2) is 5.30. The van der Waals surface area contributed by atoms with Crippen molar-refractivity contribution in [3.63, 3.8) is 0 Å². The number of hydrogen-bond donors (Lipinski definition) is 1. The van der Waals surface area contributed by atoms with E-state index in [2.05, 4.69) is 21.2 Å². The van der Waals surface area contributed by atoms with E-state index in [0.717, 1.165) is 36.4 Å². The molecule has 2 saturated carbocycles. The number of rotatable bonds is 4. The highest BCUT2D eigenvalue weighted by Gasteiger charge is 2.38. The maximum absolute atomic E-state index is 13.4. The second-order valence-corrected chi connectivity index (χ2v) is 6.67. The SMILES string of the molecule is Fc1cc(CNCC2CC3CCC2C3)ccc1Br. The molecule has 3 unspecified atom stereocenters. The largest absolute Gasteiger partial charge is 0.312 e. The van der Waals surface area contributed by atoms with Crippen LogP contribution in [0.15, 0.2) is 22.7 Å². The van der Waals surface area contributed by atoms with Crippen molar-refractivity contribution in [2.24, 2.45) is 17.8 Å². The summed E-state index contributed by atoms with van der Waals surface area (Å²) < 4.78 is 13.9. The lowest BCUT2D eigenvalue weighted by Gasteiger charge is -2.21. The van der Waals surface area contributed by atoms with Gasteiger partial charge in [0.05, 0.1) is 4.47 Å². The molecule has 1 nitrogen and oxygen atoms in total. The number of fused-ring (bicyclic) bond motifs is 2. The molecular weight excluding hydrogens is 293 g/mol. The fraction of sp³-hybridized carbons (Fsp3) is 0.600. The third-order valence-electron chi connectivity index (χ3n) is 4.60. The molecule has 1 N–H and O–H groups in total. The molecule has 18 heavy (non-hydrogen) atoms. The Morgan fingerprint density at radius 1 is 1.28 bits per heavy atom. The third kappa shape index (κ3) is 2.62. The van der Waals surface area contributed by atoms with Gasteiger partial charge in [0, 0.05) is 6.54 Å². The molecule has 98 valence electrons. The zero-order valence-electron chi connectivity index (χ0n) is 10.5. The van der Waals surface area contributed by atoms with E-state index in [1.807, 2.05) is 6.07 Å². The zero-order valence-corrected chi connectivity index (χ0v) is 12.0. The van der Waals surface area contributed by atoms with E-state index in [4.69, 9.17) is 0 Å². The van der Waals surface area contributed by atoms with Crippen LogP contribution in [0.1, 0.15) is 31.2 Å². The quantitative estimate of drug-likeness (QED) is 0.882. The van der Waals surface area contributed by atoms with E-state index < -0.39 is 0 Å². The number of benzene rings is 1. The Morgan fingerprint density at radius 2 is 2.17 bits per heavy atom. The highest BCUT2D eigenvalue weighted by molar-refractivity contribution is 9.10. The molecule has 2 aliphatic carbocycles. The summed E-state index contributed by atoms with van der Waals surface area (Å²) in [5, 5.41) is 3.49. The monoisotopic (exact) mass is 311 g/mol. The van der Waals surface area contributed by atoms with Gasteiger partial charge in [-0.25, -0.2) is 4.39 Å². The normalized spacial score (nSPS) is 30.0. The molecule has 3 heteroatoms. The molecule has 2 fully saturated rings. The van der Waals surface area contributed by atoms with Crippen molar-refractivity contribution in [1.82, 2.24) is 5.32 Å². The molecule has 0 heterocycles. The Kier molecular flexibility index (Phi) is 3.71. The lowest BCUT2D eigenvalue weighted by Crippen LogP contribution is -2.26. The molecular formula is C15H19BrFN. The highest BCUT2D eigenvalue weighted by Crippen LogP contribution is 2.47. The molecule has 2 aliphatic rings. The van der Waals surface area contributed by atoms with Crippen LogP contribution in [-0.2, 0) is 6.54 Å². The molecule has 3 atom stereocenters. The van der Waals surface area contributed by atoms with Crippen molar-refractivity contribution < 1.29 is 4.39 Å². The van der Waals surface area contributed by atoms with Gasteiger partial charge < -0.3 is 5.32 Å². The molecule has 0 aliphatic heterocycles. The van der Waals surface area contributed by atoms with E-state index in [1.54, 1.807) is 12.1 Å². The van der Waals surface area contributed by atoms with Crippen LogP contribution in [0.25, 0.3) is 0 Å². The average Bonchev–Trinajstić information content (AvgIpc) is 2.96. The first-order valence-electron chi connectivity index (χ1n) is 6.87. The summed E-state index contributed by atoms with van der Waals surface area (Å²) in [4.78, 5) is 0. The average molecular weight is 312 g/mol. The van der Waals surface area contributed by atoms with Crippen molar-refractivity contribution in [2.45, 2.75) is 32.2 Å². The van der Waals surface area contributed by atoms with E-state index >= 15 is 0 Å². The van der Waals surface area contributed by atoms with Crippen molar-refractivity contribution in [3.05, 3.63) is 34.1 Å². The Hall–Kier alpha value is -0.410. The van der Waals surface area contributed by atoms with E-state index in [0.29, 0.717) is 4.47 Å². The Balaban J connectivity index is 1.48. The maximum Gasteiger partial charge on any atom is 0.137 e. The topological polar surface area (TPSA) is 12.0 Å². The van der Waals surface area contributed by atoms with Crippen LogP contribution in [0, 0.1) is 23.6 Å². The standard InChI is InChI=1S/C15H19BrFN/c16-14-4-2-11(7-15(14)17)8-18-9-13-6-10-1-3-12(13)5-10/h2,4,7,10,12-13,18H,1,3,5-6,8-9H2. The van der Waals surface area contributed by atoms with E-state index in [1.165, 1.54) is 25.7 Å². The van der Waals surface area contributed by atoms with Gasteiger partial charge in [0.1, 0.15) is 5.82 Å². The maximum atomic E-state index is 13.4. The third-order valence-corrected chi connectivity index (χ3v) is 5.25. The minimum absolute atomic E-state index is 0.172. The fourth-order valence-electron chi connectivity index (χ4n) is 3.68. The van der Waals surface area contributed by atoms with Gasteiger partial charge in [-0.15, -0.1) is 0 Å². The second-order valence-electron chi connectivity index (χ2n) is 5.81. The van der Waals surface area contributed by atoms with Crippen molar-refractivity contribution in [3.8, 4) is 0 Å². The summed E-state index contributed by atoms with van der Waals surface area (Å²) in [5.74, 6) is 2.66. The molecule has 0 aromatic heterocycles. The number of nitrogens with one attached hydrogen (secondary N) is 1. The predicted octanol–water partition coefficient (Wildman–Crippen LogP) is 4.11. The van der Waals surface area contributed by atoms with E-state index in [-0.39, 0.29) is 5.82 Å². The zero-order chi connectivity index (χ0) is 12.5. The summed E-state index contributed by atoms with van der Waals surface area (Å²) >= 11 is 3.18. The smallest absolute Gasteiger partial charge is 0.137 e. The summed E-state index contributed by atoms with van der Waals surface area (Å²) in [6.45, 7) is 1.87. The minimum Gasteiger partial charge on any atom is -0.312 e. The molecule has 1 aromatic rings. The summed E-state index contributed by atoms with van der Waals surface area (Å²) in [6.07, 6.45) is 5.76. The molecule has 0 amide bonds. The van der Waals surface area contributed by atoms with Crippen molar-refractivity contribution in [1.29, 1.82) is 0 Å². The van der Waals surface area contributed by atoms with Gasteiger partial charge in [-0.1, -0.05) is 12.5 Å². The Morgan fingerprint density at radius 3 is 2.83 bits per heavy atom.